The maximum Gasteiger partial charge on any atom is 0.261 e. The molecule has 0 unspecified atom stereocenters. The van der Waals surface area contributed by atoms with Crippen molar-refractivity contribution in [3.8, 4) is 6.07 Å². The van der Waals surface area contributed by atoms with E-state index in [1.54, 1.807) is 0 Å². The molecule has 0 amide bonds. The van der Waals surface area contributed by atoms with E-state index < -0.39 is 20.0 Å². The van der Waals surface area contributed by atoms with Gasteiger partial charge in [0.05, 0.1) is 34.6 Å². The number of benzene rings is 2. The number of anilines is 1. The van der Waals surface area contributed by atoms with E-state index in [9.17, 15) is 16.8 Å². The van der Waals surface area contributed by atoms with Crippen LogP contribution in [0.1, 0.15) is 5.56 Å². The number of hydrogen-bond donors (Lipinski definition) is 1. The van der Waals surface area contributed by atoms with E-state index in [-0.39, 0.29) is 22.9 Å². The Morgan fingerprint density at radius 3 is 2.00 bits per heavy atom. The molecular formula is C17H17N3O5S2. The Morgan fingerprint density at radius 1 is 0.889 bits per heavy atom. The summed E-state index contributed by atoms with van der Waals surface area (Å²) in [6.07, 6.45) is 0. The highest BCUT2D eigenvalue weighted by atomic mass is 32.2. The molecule has 142 valence electrons. The fourth-order valence-corrected chi connectivity index (χ4v) is 5.02. The predicted octanol–water partition coefficient (Wildman–Crippen LogP) is 1.38. The van der Waals surface area contributed by atoms with Crippen LogP contribution in [-0.4, -0.2) is 47.4 Å². The quantitative estimate of drug-likeness (QED) is 0.800. The van der Waals surface area contributed by atoms with Gasteiger partial charge in [0.25, 0.3) is 10.0 Å². The molecule has 0 aromatic heterocycles. The van der Waals surface area contributed by atoms with Crippen molar-refractivity contribution in [3.05, 3.63) is 54.1 Å². The number of morpholine rings is 1. The second kappa shape index (κ2) is 7.66. The van der Waals surface area contributed by atoms with Crippen LogP contribution < -0.4 is 4.72 Å². The van der Waals surface area contributed by atoms with E-state index in [4.69, 9.17) is 10.00 Å². The minimum absolute atomic E-state index is 0.0294. The average Bonchev–Trinajstić information content (AvgIpc) is 2.69. The maximum absolute atomic E-state index is 12.6. The third kappa shape index (κ3) is 4.28. The molecule has 2 aromatic rings. The fraction of sp³-hybridized carbons (Fsp3) is 0.235. The largest absolute Gasteiger partial charge is 0.379 e. The lowest BCUT2D eigenvalue weighted by Crippen LogP contribution is -2.40. The zero-order valence-electron chi connectivity index (χ0n) is 14.2. The monoisotopic (exact) mass is 407 g/mol. The van der Waals surface area contributed by atoms with E-state index >= 15 is 0 Å². The molecule has 1 saturated heterocycles. The number of nitriles is 1. The van der Waals surface area contributed by atoms with Crippen LogP contribution in [0.3, 0.4) is 0 Å². The van der Waals surface area contributed by atoms with Gasteiger partial charge < -0.3 is 4.74 Å². The van der Waals surface area contributed by atoms with Gasteiger partial charge in [0.1, 0.15) is 0 Å². The van der Waals surface area contributed by atoms with Crippen LogP contribution in [0.15, 0.2) is 58.3 Å². The Morgan fingerprint density at radius 2 is 1.44 bits per heavy atom. The summed E-state index contributed by atoms with van der Waals surface area (Å²) in [6.45, 7) is 1.20. The summed E-state index contributed by atoms with van der Waals surface area (Å²) in [5.74, 6) is 0. The minimum atomic E-state index is -3.88. The highest BCUT2D eigenvalue weighted by Crippen LogP contribution is 2.21. The molecule has 1 aliphatic rings. The lowest BCUT2D eigenvalue weighted by atomic mass is 10.2. The molecule has 27 heavy (non-hydrogen) atoms. The summed E-state index contributed by atoms with van der Waals surface area (Å²) in [4.78, 5) is -0.0329. The van der Waals surface area contributed by atoms with Crippen molar-refractivity contribution in [2.24, 2.45) is 0 Å². The first-order valence-corrected chi connectivity index (χ1v) is 11.0. The number of nitrogens with zero attached hydrogens (tertiary/aromatic N) is 2. The van der Waals surface area contributed by atoms with Gasteiger partial charge in [-0.2, -0.15) is 9.57 Å². The Labute approximate surface area is 158 Å². The molecule has 1 aliphatic heterocycles. The molecule has 0 atom stereocenters. The topological polar surface area (TPSA) is 117 Å². The van der Waals surface area contributed by atoms with Crippen LogP contribution in [0.5, 0.6) is 0 Å². The van der Waals surface area contributed by atoms with E-state index in [1.807, 2.05) is 6.07 Å². The van der Waals surface area contributed by atoms with Crippen molar-refractivity contribution in [1.29, 1.82) is 5.26 Å². The lowest BCUT2D eigenvalue weighted by Gasteiger charge is -2.26. The van der Waals surface area contributed by atoms with Crippen LogP contribution in [0, 0.1) is 11.3 Å². The zero-order chi connectivity index (χ0) is 19.5. The Kier molecular flexibility index (Phi) is 5.48. The van der Waals surface area contributed by atoms with Crippen LogP contribution in [0.4, 0.5) is 5.69 Å². The van der Waals surface area contributed by atoms with Gasteiger partial charge in [-0.15, -0.1) is 0 Å². The van der Waals surface area contributed by atoms with Crippen LogP contribution in [0.25, 0.3) is 0 Å². The van der Waals surface area contributed by atoms with E-state index in [0.29, 0.717) is 24.5 Å². The van der Waals surface area contributed by atoms with Crippen molar-refractivity contribution in [3.63, 3.8) is 0 Å². The molecule has 1 N–H and O–H groups in total. The summed E-state index contributed by atoms with van der Waals surface area (Å²) in [5, 5.41) is 8.78. The third-order valence-corrected chi connectivity index (χ3v) is 7.32. The average molecular weight is 407 g/mol. The first-order chi connectivity index (χ1) is 12.8. The number of sulfonamides is 2. The van der Waals surface area contributed by atoms with Crippen LogP contribution in [0.2, 0.25) is 0 Å². The van der Waals surface area contributed by atoms with Gasteiger partial charge in [-0.05, 0) is 48.5 Å². The minimum Gasteiger partial charge on any atom is -0.379 e. The number of nitrogens with one attached hydrogen (secondary N) is 1. The Bertz CT molecular complexity index is 1050. The van der Waals surface area contributed by atoms with Gasteiger partial charge in [-0.1, -0.05) is 0 Å². The SMILES string of the molecule is N#Cc1ccc(NS(=O)(=O)c2ccc(S(=O)(=O)N3CCOCC3)cc2)cc1. The molecule has 0 spiro atoms. The molecule has 8 nitrogen and oxygen atoms in total. The van der Waals surface area contributed by atoms with Gasteiger partial charge in [-0.25, -0.2) is 16.8 Å². The first-order valence-electron chi connectivity index (χ1n) is 8.04. The van der Waals surface area contributed by atoms with Crippen molar-refractivity contribution >= 4 is 25.7 Å². The molecule has 0 aliphatic carbocycles. The van der Waals surface area contributed by atoms with Crippen molar-refractivity contribution in [1.82, 2.24) is 4.31 Å². The highest BCUT2D eigenvalue weighted by Gasteiger charge is 2.26. The first kappa shape index (κ1) is 19.3. The maximum atomic E-state index is 12.6. The Hall–Kier alpha value is -2.45. The standard InChI is InChI=1S/C17H17N3O5S2/c18-13-14-1-3-15(4-2-14)19-26(21,22)16-5-7-17(8-6-16)27(23,24)20-9-11-25-12-10-20/h1-8,19H,9-12H2. The second-order valence-electron chi connectivity index (χ2n) is 5.78. The zero-order valence-corrected chi connectivity index (χ0v) is 15.8. The number of hydrogen-bond acceptors (Lipinski definition) is 6. The normalized spacial score (nSPS) is 15.8. The molecule has 2 aromatic carbocycles. The predicted molar refractivity (Wildman–Crippen MR) is 98.0 cm³/mol. The molecule has 0 bridgehead atoms. The van der Waals surface area contributed by atoms with Gasteiger partial charge >= 0.3 is 0 Å². The van der Waals surface area contributed by atoms with Crippen molar-refractivity contribution in [2.45, 2.75) is 9.79 Å². The summed E-state index contributed by atoms with van der Waals surface area (Å²) < 4.78 is 59.0. The van der Waals surface area contributed by atoms with Gasteiger partial charge in [0, 0.05) is 18.8 Å². The summed E-state index contributed by atoms with van der Waals surface area (Å²) in [7, 11) is -7.56. The van der Waals surface area contributed by atoms with Gasteiger partial charge in [0.2, 0.25) is 10.0 Å². The fourth-order valence-electron chi connectivity index (χ4n) is 2.55. The number of rotatable bonds is 5. The van der Waals surface area contributed by atoms with E-state index in [1.165, 1.54) is 52.8 Å². The smallest absolute Gasteiger partial charge is 0.261 e. The molecule has 1 heterocycles. The summed E-state index contributed by atoms with van der Waals surface area (Å²) in [6, 6.07) is 13.0. The van der Waals surface area contributed by atoms with Gasteiger partial charge in [-0.3, -0.25) is 4.72 Å². The summed E-state index contributed by atoms with van der Waals surface area (Å²) in [5.41, 5.74) is 0.717. The molecule has 1 fully saturated rings. The Balaban J connectivity index is 1.80. The van der Waals surface area contributed by atoms with Crippen LogP contribution >= 0.6 is 0 Å². The molecule has 0 saturated carbocycles. The number of ether oxygens (including phenoxy) is 1. The molecule has 3 rings (SSSR count). The third-order valence-electron chi connectivity index (χ3n) is 4.01. The molecular weight excluding hydrogens is 390 g/mol. The lowest BCUT2D eigenvalue weighted by molar-refractivity contribution is 0.0730. The van der Waals surface area contributed by atoms with E-state index in [0.717, 1.165) is 0 Å². The van der Waals surface area contributed by atoms with Crippen LogP contribution in [-0.2, 0) is 24.8 Å². The molecule has 0 radical (unpaired) electrons. The second-order valence-corrected chi connectivity index (χ2v) is 9.40. The van der Waals surface area contributed by atoms with Crippen molar-refractivity contribution in [2.75, 3.05) is 31.0 Å². The molecule has 10 heteroatoms. The van der Waals surface area contributed by atoms with Gasteiger partial charge in [0.15, 0.2) is 0 Å². The summed E-state index contributed by atoms with van der Waals surface area (Å²) >= 11 is 0. The highest BCUT2D eigenvalue weighted by molar-refractivity contribution is 7.92. The van der Waals surface area contributed by atoms with E-state index in [2.05, 4.69) is 4.72 Å². The van der Waals surface area contributed by atoms with Crippen molar-refractivity contribution < 1.29 is 21.6 Å².